The summed E-state index contributed by atoms with van der Waals surface area (Å²) in [5, 5.41) is 6.48. The first kappa shape index (κ1) is 15.7. The van der Waals surface area contributed by atoms with Crippen LogP contribution >= 0.6 is 0 Å². The zero-order chi connectivity index (χ0) is 14.4. The van der Waals surface area contributed by atoms with E-state index < -0.39 is 0 Å². The van der Waals surface area contributed by atoms with Crippen LogP contribution in [0.1, 0.15) is 32.6 Å². The van der Waals surface area contributed by atoms with Gasteiger partial charge in [-0.15, -0.1) is 0 Å². The fourth-order valence-electron chi connectivity index (χ4n) is 3.13. The minimum atomic E-state index is 0.139. The molecule has 2 heterocycles. The molecule has 0 aromatic heterocycles. The van der Waals surface area contributed by atoms with Gasteiger partial charge in [0.2, 0.25) is 5.91 Å². The molecule has 5 heteroatoms. The number of rotatable bonds is 5. The topological polar surface area (TPSA) is 53.6 Å². The molecular formula is C15H29N3O2. The SMILES string of the molecule is CC1CN(C)CCC1NC(=O)CCOC1CCNCC1. The molecule has 0 radical (unpaired) electrons. The number of nitrogens with one attached hydrogen (secondary N) is 2. The number of likely N-dealkylation sites (tertiary alicyclic amines) is 1. The minimum Gasteiger partial charge on any atom is -0.378 e. The number of hydrogen-bond donors (Lipinski definition) is 2. The Morgan fingerprint density at radius 3 is 2.80 bits per heavy atom. The fourth-order valence-corrected chi connectivity index (χ4v) is 3.13. The van der Waals surface area contributed by atoms with Crippen molar-refractivity contribution in [1.29, 1.82) is 0 Å². The van der Waals surface area contributed by atoms with Crippen molar-refractivity contribution in [3.8, 4) is 0 Å². The van der Waals surface area contributed by atoms with E-state index in [1.54, 1.807) is 0 Å². The largest absolute Gasteiger partial charge is 0.378 e. The first-order valence-corrected chi connectivity index (χ1v) is 7.95. The Morgan fingerprint density at radius 1 is 1.35 bits per heavy atom. The van der Waals surface area contributed by atoms with Crippen molar-refractivity contribution < 1.29 is 9.53 Å². The van der Waals surface area contributed by atoms with Gasteiger partial charge in [-0.2, -0.15) is 0 Å². The third-order valence-electron chi connectivity index (χ3n) is 4.42. The van der Waals surface area contributed by atoms with Crippen molar-refractivity contribution in [3.05, 3.63) is 0 Å². The molecule has 5 nitrogen and oxygen atoms in total. The van der Waals surface area contributed by atoms with Crippen molar-refractivity contribution >= 4 is 5.91 Å². The molecule has 20 heavy (non-hydrogen) atoms. The number of ether oxygens (including phenoxy) is 1. The van der Waals surface area contributed by atoms with E-state index in [9.17, 15) is 4.79 Å². The van der Waals surface area contributed by atoms with Crippen LogP contribution in [0, 0.1) is 5.92 Å². The van der Waals surface area contributed by atoms with E-state index >= 15 is 0 Å². The third kappa shape index (κ3) is 5.04. The van der Waals surface area contributed by atoms with Crippen LogP contribution in [-0.4, -0.2) is 62.8 Å². The predicted molar refractivity (Wildman–Crippen MR) is 79.7 cm³/mol. The normalized spacial score (nSPS) is 29.3. The molecule has 2 atom stereocenters. The van der Waals surface area contributed by atoms with Gasteiger partial charge in [0.1, 0.15) is 0 Å². The first-order valence-electron chi connectivity index (χ1n) is 7.95. The van der Waals surface area contributed by atoms with Gasteiger partial charge in [-0.1, -0.05) is 6.92 Å². The van der Waals surface area contributed by atoms with Gasteiger partial charge in [0, 0.05) is 19.0 Å². The Bertz CT molecular complexity index is 305. The summed E-state index contributed by atoms with van der Waals surface area (Å²) in [5.41, 5.74) is 0. The number of nitrogens with zero attached hydrogens (tertiary/aromatic N) is 1. The average molecular weight is 283 g/mol. The Kier molecular flexibility index (Phi) is 6.26. The van der Waals surface area contributed by atoms with E-state index in [2.05, 4.69) is 29.5 Å². The van der Waals surface area contributed by atoms with E-state index in [0.717, 1.165) is 45.4 Å². The molecule has 1 amide bonds. The van der Waals surface area contributed by atoms with Gasteiger partial charge in [-0.3, -0.25) is 4.79 Å². The highest BCUT2D eigenvalue weighted by Crippen LogP contribution is 2.15. The number of amides is 1. The number of carbonyl (C=O) groups is 1. The maximum absolute atomic E-state index is 12.0. The number of carbonyl (C=O) groups excluding carboxylic acids is 1. The van der Waals surface area contributed by atoms with Crippen LogP contribution in [0.5, 0.6) is 0 Å². The van der Waals surface area contributed by atoms with E-state index in [1.165, 1.54) is 0 Å². The Balaban J connectivity index is 1.60. The van der Waals surface area contributed by atoms with E-state index in [1.807, 2.05) is 0 Å². The van der Waals surface area contributed by atoms with E-state index in [4.69, 9.17) is 4.74 Å². The van der Waals surface area contributed by atoms with Crippen LogP contribution in [0.2, 0.25) is 0 Å². The van der Waals surface area contributed by atoms with Crippen LogP contribution in [0.4, 0.5) is 0 Å². The number of hydrogen-bond acceptors (Lipinski definition) is 4. The first-order chi connectivity index (χ1) is 9.65. The van der Waals surface area contributed by atoms with Gasteiger partial charge in [0.25, 0.3) is 0 Å². The number of piperidine rings is 2. The molecule has 0 spiro atoms. The molecule has 0 aromatic rings. The average Bonchev–Trinajstić information content (AvgIpc) is 2.43. The molecular weight excluding hydrogens is 254 g/mol. The predicted octanol–water partition coefficient (Wildman–Crippen LogP) is 0.602. The van der Waals surface area contributed by atoms with Gasteiger partial charge >= 0.3 is 0 Å². The molecule has 2 rings (SSSR count). The Morgan fingerprint density at radius 2 is 2.10 bits per heavy atom. The van der Waals surface area contributed by atoms with Gasteiger partial charge in [-0.25, -0.2) is 0 Å². The van der Waals surface area contributed by atoms with Crippen LogP contribution < -0.4 is 10.6 Å². The zero-order valence-electron chi connectivity index (χ0n) is 12.9. The lowest BCUT2D eigenvalue weighted by Gasteiger charge is -2.35. The summed E-state index contributed by atoms with van der Waals surface area (Å²) >= 11 is 0. The van der Waals surface area contributed by atoms with Crippen molar-refractivity contribution in [3.63, 3.8) is 0 Å². The molecule has 2 unspecified atom stereocenters. The van der Waals surface area contributed by atoms with Crippen LogP contribution in [0.15, 0.2) is 0 Å². The monoisotopic (exact) mass is 283 g/mol. The lowest BCUT2D eigenvalue weighted by molar-refractivity contribution is -0.124. The molecule has 2 N–H and O–H groups in total. The van der Waals surface area contributed by atoms with Crippen molar-refractivity contribution in [2.75, 3.05) is 39.8 Å². The maximum atomic E-state index is 12.0. The molecule has 2 fully saturated rings. The van der Waals surface area contributed by atoms with Gasteiger partial charge in [0.05, 0.1) is 12.7 Å². The van der Waals surface area contributed by atoms with Gasteiger partial charge in [0.15, 0.2) is 0 Å². The van der Waals surface area contributed by atoms with Crippen LogP contribution in [0.3, 0.4) is 0 Å². The maximum Gasteiger partial charge on any atom is 0.222 e. The summed E-state index contributed by atoms with van der Waals surface area (Å²) in [6, 6.07) is 0.331. The second-order valence-corrected chi connectivity index (χ2v) is 6.27. The quantitative estimate of drug-likeness (QED) is 0.776. The second-order valence-electron chi connectivity index (χ2n) is 6.27. The molecule has 0 aromatic carbocycles. The Hall–Kier alpha value is -0.650. The van der Waals surface area contributed by atoms with E-state index in [-0.39, 0.29) is 5.91 Å². The molecule has 2 aliphatic rings. The summed E-state index contributed by atoms with van der Waals surface area (Å²) in [4.78, 5) is 14.3. The highest BCUT2D eigenvalue weighted by molar-refractivity contribution is 5.76. The second kappa shape index (κ2) is 7.96. The summed E-state index contributed by atoms with van der Waals surface area (Å²) in [6.07, 6.45) is 4.01. The molecule has 2 aliphatic heterocycles. The highest BCUT2D eigenvalue weighted by atomic mass is 16.5. The van der Waals surface area contributed by atoms with E-state index in [0.29, 0.717) is 31.1 Å². The van der Waals surface area contributed by atoms with Gasteiger partial charge < -0.3 is 20.3 Å². The van der Waals surface area contributed by atoms with Crippen LogP contribution in [0.25, 0.3) is 0 Å². The summed E-state index contributed by atoms with van der Waals surface area (Å²) in [5.74, 6) is 0.670. The summed E-state index contributed by atoms with van der Waals surface area (Å²) in [6.45, 7) is 6.97. The molecule has 2 saturated heterocycles. The van der Waals surface area contributed by atoms with Gasteiger partial charge in [-0.05, 0) is 51.9 Å². The minimum absolute atomic E-state index is 0.139. The molecule has 0 aliphatic carbocycles. The summed E-state index contributed by atoms with van der Waals surface area (Å²) < 4.78 is 5.78. The lowest BCUT2D eigenvalue weighted by atomic mass is 9.94. The summed E-state index contributed by atoms with van der Waals surface area (Å²) in [7, 11) is 2.14. The highest BCUT2D eigenvalue weighted by Gasteiger charge is 2.25. The smallest absolute Gasteiger partial charge is 0.222 e. The Labute approximate surface area is 122 Å². The van der Waals surface area contributed by atoms with Crippen molar-refractivity contribution in [1.82, 2.24) is 15.5 Å². The molecule has 0 bridgehead atoms. The molecule has 116 valence electrons. The third-order valence-corrected chi connectivity index (χ3v) is 4.42. The zero-order valence-corrected chi connectivity index (χ0v) is 12.9. The van der Waals surface area contributed by atoms with Crippen molar-refractivity contribution in [2.24, 2.45) is 5.92 Å². The lowest BCUT2D eigenvalue weighted by Crippen LogP contribution is -2.49. The molecule has 0 saturated carbocycles. The van der Waals surface area contributed by atoms with Crippen LogP contribution in [-0.2, 0) is 9.53 Å². The standard InChI is InChI=1S/C15H29N3O2/c1-12-11-18(2)9-5-14(12)17-15(19)6-10-20-13-3-7-16-8-4-13/h12-14,16H,3-11H2,1-2H3,(H,17,19). The fraction of sp³-hybridized carbons (Fsp3) is 0.933. The van der Waals surface area contributed by atoms with Crippen molar-refractivity contribution in [2.45, 2.75) is 44.8 Å².